The molecule has 104 valence electrons. The molecular formula is C15H19N5. The molecule has 2 aromatic rings. The van der Waals surface area contributed by atoms with E-state index in [9.17, 15) is 0 Å². The first kappa shape index (κ1) is 13.0. The molecule has 1 fully saturated rings. The van der Waals surface area contributed by atoms with Crippen LogP contribution < -0.4 is 10.6 Å². The maximum atomic E-state index is 4.66. The summed E-state index contributed by atoms with van der Waals surface area (Å²) in [6.45, 7) is 5.00. The Balaban J connectivity index is 1.81. The maximum Gasteiger partial charge on any atom is 0.228 e. The van der Waals surface area contributed by atoms with Crippen molar-refractivity contribution < 1.29 is 0 Å². The van der Waals surface area contributed by atoms with Crippen LogP contribution in [0.15, 0.2) is 24.3 Å². The molecule has 0 aromatic carbocycles. The topological polar surface area (TPSA) is 62.7 Å². The van der Waals surface area contributed by atoms with Gasteiger partial charge in [0.1, 0.15) is 5.82 Å². The summed E-state index contributed by atoms with van der Waals surface area (Å²) in [6, 6.07) is 8.36. The molecule has 0 amide bonds. The Kier molecular flexibility index (Phi) is 3.60. The van der Waals surface area contributed by atoms with Crippen molar-refractivity contribution in [3.05, 3.63) is 41.3 Å². The van der Waals surface area contributed by atoms with Gasteiger partial charge in [-0.05, 0) is 51.4 Å². The standard InChI is InChI=1S/C15H19N5/c1-10-9-11(2)18-15(17-10)20-14-7-3-5-13(19-14)12-6-4-8-16-12/h3,5,7,9,12,16H,4,6,8H2,1-2H3,(H,17,18,19,20)/t12-/m1/s1. The third kappa shape index (κ3) is 2.93. The highest BCUT2D eigenvalue weighted by atomic mass is 15.1. The summed E-state index contributed by atoms with van der Waals surface area (Å²) in [6.07, 6.45) is 2.36. The van der Waals surface area contributed by atoms with Crippen molar-refractivity contribution in [3.63, 3.8) is 0 Å². The molecular weight excluding hydrogens is 250 g/mol. The average molecular weight is 269 g/mol. The zero-order chi connectivity index (χ0) is 13.9. The number of pyridine rings is 1. The molecule has 3 rings (SSSR count). The minimum atomic E-state index is 0.372. The van der Waals surface area contributed by atoms with Crippen LogP contribution in [0.2, 0.25) is 0 Å². The second kappa shape index (κ2) is 5.54. The van der Waals surface area contributed by atoms with Crippen molar-refractivity contribution in [2.45, 2.75) is 32.7 Å². The molecule has 2 N–H and O–H groups in total. The number of hydrogen-bond acceptors (Lipinski definition) is 5. The first-order valence-electron chi connectivity index (χ1n) is 7.00. The van der Waals surface area contributed by atoms with E-state index >= 15 is 0 Å². The van der Waals surface area contributed by atoms with E-state index in [-0.39, 0.29) is 0 Å². The zero-order valence-electron chi connectivity index (χ0n) is 11.8. The molecule has 3 heterocycles. The molecule has 0 spiro atoms. The molecule has 1 atom stereocenters. The van der Waals surface area contributed by atoms with Crippen LogP contribution in [0.1, 0.15) is 36.0 Å². The van der Waals surface area contributed by atoms with E-state index in [2.05, 4.69) is 31.7 Å². The van der Waals surface area contributed by atoms with Crippen LogP contribution in [0.4, 0.5) is 11.8 Å². The van der Waals surface area contributed by atoms with Crippen molar-refractivity contribution in [1.82, 2.24) is 20.3 Å². The van der Waals surface area contributed by atoms with Gasteiger partial charge in [0.2, 0.25) is 5.95 Å². The van der Waals surface area contributed by atoms with Crippen LogP contribution in [0.25, 0.3) is 0 Å². The van der Waals surface area contributed by atoms with Gasteiger partial charge in [0, 0.05) is 17.4 Å². The molecule has 5 nitrogen and oxygen atoms in total. The lowest BCUT2D eigenvalue weighted by atomic mass is 10.1. The summed E-state index contributed by atoms with van der Waals surface area (Å²) in [5, 5.41) is 6.65. The fraction of sp³-hybridized carbons (Fsp3) is 0.400. The van der Waals surface area contributed by atoms with Gasteiger partial charge in [0.15, 0.2) is 0 Å². The van der Waals surface area contributed by atoms with E-state index < -0.39 is 0 Å². The highest BCUT2D eigenvalue weighted by molar-refractivity contribution is 5.48. The highest BCUT2D eigenvalue weighted by Crippen LogP contribution is 2.22. The van der Waals surface area contributed by atoms with Gasteiger partial charge < -0.3 is 10.6 Å². The number of aromatic nitrogens is 3. The molecule has 0 saturated carbocycles. The van der Waals surface area contributed by atoms with E-state index in [4.69, 9.17) is 0 Å². The third-order valence-electron chi connectivity index (χ3n) is 3.41. The fourth-order valence-corrected chi connectivity index (χ4v) is 2.55. The minimum absolute atomic E-state index is 0.372. The van der Waals surface area contributed by atoms with Crippen molar-refractivity contribution in [2.75, 3.05) is 11.9 Å². The van der Waals surface area contributed by atoms with Gasteiger partial charge in [-0.2, -0.15) is 0 Å². The quantitative estimate of drug-likeness (QED) is 0.897. The SMILES string of the molecule is Cc1cc(C)nc(Nc2cccc([C@H]3CCCN3)n2)n1. The van der Waals surface area contributed by atoms with E-state index in [0.717, 1.165) is 35.9 Å². The number of aryl methyl sites for hydroxylation is 2. The predicted molar refractivity (Wildman–Crippen MR) is 79.0 cm³/mol. The van der Waals surface area contributed by atoms with Gasteiger partial charge in [-0.3, -0.25) is 0 Å². The first-order valence-corrected chi connectivity index (χ1v) is 7.00. The Hall–Kier alpha value is -2.01. The highest BCUT2D eigenvalue weighted by Gasteiger charge is 2.17. The second-order valence-electron chi connectivity index (χ2n) is 5.20. The minimum Gasteiger partial charge on any atom is -0.309 e. The maximum absolute atomic E-state index is 4.66. The van der Waals surface area contributed by atoms with Gasteiger partial charge in [-0.25, -0.2) is 15.0 Å². The van der Waals surface area contributed by atoms with Gasteiger partial charge in [-0.1, -0.05) is 6.07 Å². The predicted octanol–water partition coefficient (Wildman–Crippen LogP) is 2.66. The number of nitrogens with one attached hydrogen (secondary N) is 2. The number of rotatable bonds is 3. The summed E-state index contributed by atoms with van der Waals surface area (Å²) in [5.41, 5.74) is 2.99. The summed E-state index contributed by atoms with van der Waals surface area (Å²) < 4.78 is 0. The summed E-state index contributed by atoms with van der Waals surface area (Å²) >= 11 is 0. The number of nitrogens with zero attached hydrogens (tertiary/aromatic N) is 3. The Morgan fingerprint density at radius 3 is 2.65 bits per heavy atom. The van der Waals surface area contributed by atoms with Crippen LogP contribution >= 0.6 is 0 Å². The Bertz CT molecular complexity index is 585. The lowest BCUT2D eigenvalue weighted by Crippen LogP contribution is -2.14. The van der Waals surface area contributed by atoms with Gasteiger partial charge in [0.05, 0.1) is 5.69 Å². The van der Waals surface area contributed by atoms with Crippen molar-refractivity contribution >= 4 is 11.8 Å². The number of anilines is 2. The average Bonchev–Trinajstić information content (AvgIpc) is 2.91. The van der Waals surface area contributed by atoms with E-state index in [1.54, 1.807) is 0 Å². The third-order valence-corrected chi connectivity index (χ3v) is 3.41. The van der Waals surface area contributed by atoms with Gasteiger partial charge >= 0.3 is 0 Å². The molecule has 1 saturated heterocycles. The summed E-state index contributed by atoms with van der Waals surface area (Å²) in [4.78, 5) is 13.4. The largest absolute Gasteiger partial charge is 0.309 e. The summed E-state index contributed by atoms with van der Waals surface area (Å²) in [7, 11) is 0. The molecule has 0 radical (unpaired) electrons. The van der Waals surface area contributed by atoms with Crippen LogP contribution in [0, 0.1) is 13.8 Å². The molecule has 0 unspecified atom stereocenters. The fourth-order valence-electron chi connectivity index (χ4n) is 2.55. The zero-order valence-corrected chi connectivity index (χ0v) is 11.8. The smallest absolute Gasteiger partial charge is 0.228 e. The van der Waals surface area contributed by atoms with E-state index in [0.29, 0.717) is 12.0 Å². The van der Waals surface area contributed by atoms with Crippen molar-refractivity contribution in [1.29, 1.82) is 0 Å². The summed E-state index contributed by atoms with van der Waals surface area (Å²) in [5.74, 6) is 1.40. The normalized spacial score (nSPS) is 18.2. The molecule has 5 heteroatoms. The molecule has 2 aromatic heterocycles. The monoisotopic (exact) mass is 269 g/mol. The molecule has 0 aliphatic carbocycles. The Morgan fingerprint density at radius 1 is 1.15 bits per heavy atom. The molecule has 1 aliphatic heterocycles. The van der Waals surface area contributed by atoms with Crippen LogP contribution in [0.3, 0.4) is 0 Å². The van der Waals surface area contributed by atoms with Crippen molar-refractivity contribution in [3.8, 4) is 0 Å². The molecule has 20 heavy (non-hydrogen) atoms. The Labute approximate surface area is 118 Å². The van der Waals surface area contributed by atoms with Crippen LogP contribution in [-0.4, -0.2) is 21.5 Å². The molecule has 1 aliphatic rings. The van der Waals surface area contributed by atoms with Gasteiger partial charge in [-0.15, -0.1) is 0 Å². The second-order valence-corrected chi connectivity index (χ2v) is 5.20. The van der Waals surface area contributed by atoms with Crippen LogP contribution in [0.5, 0.6) is 0 Å². The van der Waals surface area contributed by atoms with Crippen LogP contribution in [-0.2, 0) is 0 Å². The van der Waals surface area contributed by atoms with Gasteiger partial charge in [0.25, 0.3) is 0 Å². The Morgan fingerprint density at radius 2 is 1.95 bits per heavy atom. The van der Waals surface area contributed by atoms with E-state index in [1.807, 2.05) is 32.0 Å². The molecule has 0 bridgehead atoms. The van der Waals surface area contributed by atoms with Crippen molar-refractivity contribution in [2.24, 2.45) is 0 Å². The first-order chi connectivity index (χ1) is 9.70. The van der Waals surface area contributed by atoms with E-state index in [1.165, 1.54) is 6.42 Å². The lowest BCUT2D eigenvalue weighted by Gasteiger charge is -2.11. The lowest BCUT2D eigenvalue weighted by molar-refractivity contribution is 0.629. The number of hydrogen-bond donors (Lipinski definition) is 2.